The van der Waals surface area contributed by atoms with Crippen molar-refractivity contribution >= 4 is 8.32 Å². The molecule has 0 aliphatic rings. The van der Waals surface area contributed by atoms with Crippen molar-refractivity contribution in [2.45, 2.75) is 103 Å². The molecule has 144 valence electrons. The van der Waals surface area contributed by atoms with Crippen LogP contribution in [-0.2, 0) is 4.43 Å². The fraction of sp³-hybridized carbons (Fsp3) is 0.727. The Morgan fingerprint density at radius 2 is 1.60 bits per heavy atom. The van der Waals surface area contributed by atoms with Crippen LogP contribution in [0.4, 0.5) is 0 Å². The Hall–Kier alpha value is -0.643. The van der Waals surface area contributed by atoms with Crippen LogP contribution in [0, 0.1) is 0 Å². The van der Waals surface area contributed by atoms with Gasteiger partial charge >= 0.3 is 0 Å². The third-order valence-electron chi connectivity index (χ3n) is 5.69. The monoisotopic (exact) mass is 364 g/mol. The van der Waals surface area contributed by atoms with Crippen molar-refractivity contribution in [3.8, 4) is 0 Å². The Kier molecular flexibility index (Phi) is 8.37. The molecule has 2 nitrogen and oxygen atoms in total. The molecule has 0 aromatic heterocycles. The lowest BCUT2D eigenvalue weighted by Gasteiger charge is -2.41. The van der Waals surface area contributed by atoms with E-state index in [4.69, 9.17) is 4.43 Å². The molecule has 25 heavy (non-hydrogen) atoms. The van der Waals surface area contributed by atoms with Crippen LogP contribution < -0.4 is 0 Å². The van der Waals surface area contributed by atoms with Crippen molar-refractivity contribution in [2.24, 2.45) is 0 Å². The lowest BCUT2D eigenvalue weighted by Crippen LogP contribution is -2.43. The zero-order chi connectivity index (χ0) is 19.1. The fourth-order valence-electron chi connectivity index (χ4n) is 3.07. The van der Waals surface area contributed by atoms with Crippen molar-refractivity contribution in [1.82, 2.24) is 0 Å². The van der Waals surface area contributed by atoms with Crippen molar-refractivity contribution in [2.75, 3.05) is 0 Å². The van der Waals surface area contributed by atoms with Crippen molar-refractivity contribution in [3.63, 3.8) is 0 Å². The number of aliphatic hydroxyl groups is 1. The average molecular weight is 365 g/mol. The highest BCUT2D eigenvalue weighted by Crippen LogP contribution is 2.42. The molecule has 0 saturated heterocycles. The van der Waals surface area contributed by atoms with Crippen LogP contribution in [0.15, 0.2) is 30.3 Å². The maximum absolute atomic E-state index is 11.3. The lowest BCUT2D eigenvalue weighted by molar-refractivity contribution is -0.0234. The third kappa shape index (κ3) is 6.88. The van der Waals surface area contributed by atoms with Crippen molar-refractivity contribution in [3.05, 3.63) is 35.9 Å². The molecular weight excluding hydrogens is 324 g/mol. The number of unbranched alkanes of at least 4 members (excludes halogenated alkanes) is 1. The van der Waals surface area contributed by atoms with Gasteiger partial charge in [0.2, 0.25) is 0 Å². The first-order valence-corrected chi connectivity index (χ1v) is 12.9. The second kappa shape index (κ2) is 9.34. The zero-order valence-electron chi connectivity index (χ0n) is 17.6. The van der Waals surface area contributed by atoms with E-state index in [1.54, 1.807) is 0 Å². The molecule has 0 bridgehead atoms. The summed E-state index contributed by atoms with van der Waals surface area (Å²) in [5.74, 6) is 0. The Morgan fingerprint density at radius 1 is 1.00 bits per heavy atom. The van der Waals surface area contributed by atoms with Gasteiger partial charge in [-0.2, -0.15) is 0 Å². The summed E-state index contributed by atoms with van der Waals surface area (Å²) in [4.78, 5) is 0. The van der Waals surface area contributed by atoms with Gasteiger partial charge in [-0.15, -0.1) is 0 Å². The summed E-state index contributed by atoms with van der Waals surface area (Å²) in [6.07, 6.45) is 5.55. The van der Waals surface area contributed by atoms with Crippen molar-refractivity contribution in [1.29, 1.82) is 0 Å². The van der Waals surface area contributed by atoms with E-state index >= 15 is 0 Å². The van der Waals surface area contributed by atoms with Crippen LogP contribution in [0.5, 0.6) is 0 Å². The lowest BCUT2D eigenvalue weighted by atomic mass is 9.85. The topological polar surface area (TPSA) is 29.5 Å². The Morgan fingerprint density at radius 3 is 2.08 bits per heavy atom. The number of hydrogen-bond acceptors (Lipinski definition) is 2. The maximum Gasteiger partial charge on any atom is 0.192 e. The average Bonchev–Trinajstić information content (AvgIpc) is 2.52. The Balaban J connectivity index is 3.10. The van der Waals surface area contributed by atoms with E-state index < -0.39 is 13.9 Å². The summed E-state index contributed by atoms with van der Waals surface area (Å²) < 4.78 is 6.79. The normalized spacial score (nSPS) is 16.5. The van der Waals surface area contributed by atoms with E-state index in [2.05, 4.69) is 72.0 Å². The minimum absolute atomic E-state index is 0.0319. The van der Waals surface area contributed by atoms with Gasteiger partial charge in [0.05, 0.1) is 11.7 Å². The summed E-state index contributed by atoms with van der Waals surface area (Å²) in [7, 11) is -1.92. The molecule has 0 amide bonds. The third-order valence-corrected chi connectivity index (χ3v) is 10.2. The van der Waals surface area contributed by atoms with Crippen LogP contribution in [0.3, 0.4) is 0 Å². The van der Waals surface area contributed by atoms with Crippen molar-refractivity contribution < 1.29 is 9.53 Å². The second-order valence-electron chi connectivity index (χ2n) is 9.06. The Labute approximate surface area is 157 Å². The predicted molar refractivity (Wildman–Crippen MR) is 111 cm³/mol. The first-order chi connectivity index (χ1) is 11.5. The van der Waals surface area contributed by atoms with Gasteiger partial charge in [-0.25, -0.2) is 0 Å². The van der Waals surface area contributed by atoms with E-state index in [1.165, 1.54) is 5.56 Å². The summed E-state index contributed by atoms with van der Waals surface area (Å²) in [5.41, 5.74) is 0.562. The number of rotatable bonds is 10. The summed E-state index contributed by atoms with van der Waals surface area (Å²) in [6.45, 7) is 15.8. The Bertz CT molecular complexity index is 492. The summed E-state index contributed by atoms with van der Waals surface area (Å²) in [6, 6.07) is 10.5. The molecule has 1 N–H and O–H groups in total. The predicted octanol–water partition coefficient (Wildman–Crippen LogP) is 6.86. The van der Waals surface area contributed by atoms with E-state index in [9.17, 15) is 5.11 Å². The highest BCUT2D eigenvalue weighted by Gasteiger charge is 2.41. The molecule has 0 spiro atoms. The number of hydrogen-bond donors (Lipinski definition) is 1. The molecule has 0 fully saturated rings. The first-order valence-electron chi connectivity index (χ1n) is 10.00. The van der Waals surface area contributed by atoms with E-state index in [0.717, 1.165) is 32.1 Å². The van der Waals surface area contributed by atoms with Gasteiger partial charge in [0.1, 0.15) is 0 Å². The first kappa shape index (κ1) is 22.4. The van der Waals surface area contributed by atoms with E-state index in [1.807, 2.05) is 6.07 Å². The summed E-state index contributed by atoms with van der Waals surface area (Å²) in [5, 5.41) is 11.5. The van der Waals surface area contributed by atoms with Gasteiger partial charge in [0.25, 0.3) is 0 Å². The van der Waals surface area contributed by atoms with Crippen LogP contribution in [0.2, 0.25) is 18.1 Å². The van der Waals surface area contributed by atoms with Gasteiger partial charge in [-0.3, -0.25) is 0 Å². The van der Waals surface area contributed by atoms with Gasteiger partial charge in [-0.05, 0) is 36.5 Å². The highest BCUT2D eigenvalue weighted by atomic mass is 28.4. The molecule has 1 aromatic carbocycles. The van der Waals surface area contributed by atoms with Crippen LogP contribution in [0.25, 0.3) is 0 Å². The van der Waals surface area contributed by atoms with E-state index in [-0.39, 0.29) is 11.1 Å². The number of benzene rings is 1. The van der Waals surface area contributed by atoms with Gasteiger partial charge in [0.15, 0.2) is 8.32 Å². The smallest absolute Gasteiger partial charge is 0.192 e. The largest absolute Gasteiger partial charge is 0.410 e. The quantitative estimate of drug-likeness (QED) is 0.459. The van der Waals surface area contributed by atoms with Gasteiger partial charge in [0, 0.05) is 6.42 Å². The molecule has 3 heteroatoms. The molecular formula is C22H40O2Si. The fourth-order valence-corrected chi connectivity index (χ4v) is 4.36. The molecule has 0 aliphatic heterocycles. The molecule has 0 saturated carbocycles. The van der Waals surface area contributed by atoms with Gasteiger partial charge in [-0.1, -0.05) is 84.2 Å². The molecule has 0 aliphatic carbocycles. The summed E-state index contributed by atoms with van der Waals surface area (Å²) >= 11 is 0. The molecule has 0 radical (unpaired) electrons. The zero-order valence-corrected chi connectivity index (χ0v) is 18.6. The molecule has 2 unspecified atom stereocenters. The molecule has 2 atom stereocenters. The highest BCUT2D eigenvalue weighted by molar-refractivity contribution is 6.74. The molecule has 1 rings (SSSR count). The minimum Gasteiger partial charge on any atom is -0.410 e. The SMILES string of the molecule is CCCCC(O)(CCC)CC(O[Si](C)(C)C(C)(C)C)c1ccccc1. The van der Waals surface area contributed by atoms with Gasteiger partial charge < -0.3 is 9.53 Å². The molecule has 0 heterocycles. The minimum atomic E-state index is -1.92. The second-order valence-corrected chi connectivity index (χ2v) is 13.8. The maximum atomic E-state index is 11.3. The van der Waals surface area contributed by atoms with Crippen LogP contribution >= 0.6 is 0 Å². The van der Waals surface area contributed by atoms with Crippen LogP contribution in [0.1, 0.15) is 84.8 Å². The van der Waals surface area contributed by atoms with E-state index in [0.29, 0.717) is 6.42 Å². The standard InChI is InChI=1S/C22H40O2Si/c1-8-10-17-22(23,16-9-2)18-20(19-14-12-11-13-15-19)24-25(6,7)21(3,4)5/h11-15,20,23H,8-10,16-18H2,1-7H3. The molecule has 1 aromatic rings. The van der Waals surface area contributed by atoms with Crippen LogP contribution in [-0.4, -0.2) is 19.0 Å².